The van der Waals surface area contributed by atoms with Gasteiger partial charge in [0.15, 0.2) is 0 Å². The summed E-state index contributed by atoms with van der Waals surface area (Å²) in [6, 6.07) is 6.27. The minimum absolute atomic E-state index is 0.0744. The van der Waals surface area contributed by atoms with E-state index in [1.54, 1.807) is 0 Å². The van der Waals surface area contributed by atoms with Gasteiger partial charge in [0.1, 0.15) is 4.90 Å². The summed E-state index contributed by atoms with van der Waals surface area (Å²) in [6.45, 7) is 7.57. The van der Waals surface area contributed by atoms with Crippen molar-refractivity contribution in [1.29, 1.82) is 5.26 Å². The highest BCUT2D eigenvalue weighted by Gasteiger charge is 2.30. The molecular formula is C17H24ClN3O4S. The molecule has 1 aromatic rings. The zero-order valence-corrected chi connectivity index (χ0v) is 16.5. The number of carboxylic acid groups (broad SMARTS) is 1. The van der Waals surface area contributed by atoms with Crippen molar-refractivity contribution in [3.8, 4) is 6.07 Å². The highest BCUT2D eigenvalue weighted by Crippen LogP contribution is 2.27. The van der Waals surface area contributed by atoms with E-state index in [0.717, 1.165) is 26.1 Å². The summed E-state index contributed by atoms with van der Waals surface area (Å²) in [5.41, 5.74) is 0.353. The third-order valence-corrected chi connectivity index (χ3v) is 6.73. The number of rotatable bonds is 6. The van der Waals surface area contributed by atoms with Gasteiger partial charge in [-0.1, -0.05) is 25.4 Å². The van der Waals surface area contributed by atoms with Crippen molar-refractivity contribution < 1.29 is 18.3 Å². The van der Waals surface area contributed by atoms with Gasteiger partial charge in [-0.25, -0.2) is 8.42 Å². The summed E-state index contributed by atoms with van der Waals surface area (Å²) in [5, 5.41) is 15.9. The fourth-order valence-corrected chi connectivity index (χ4v) is 5.00. The molecule has 1 aliphatic heterocycles. The lowest BCUT2D eigenvalue weighted by molar-refractivity contribution is -0.122. The molecule has 9 heteroatoms. The molecule has 0 aliphatic carbocycles. The van der Waals surface area contributed by atoms with Crippen LogP contribution in [0, 0.1) is 17.2 Å². The summed E-state index contributed by atoms with van der Waals surface area (Å²) in [7, 11) is -3.65. The molecule has 1 N–H and O–H groups in total. The Morgan fingerprint density at radius 3 is 2.58 bits per heavy atom. The average Bonchev–Trinajstić information content (AvgIpc) is 3.07. The van der Waals surface area contributed by atoms with Crippen molar-refractivity contribution in [3.63, 3.8) is 0 Å². The zero-order chi connectivity index (χ0) is 19.7. The van der Waals surface area contributed by atoms with Crippen molar-refractivity contribution in [2.75, 3.05) is 32.7 Å². The first kappa shape index (κ1) is 22.4. The highest BCUT2D eigenvalue weighted by atomic mass is 35.5. The van der Waals surface area contributed by atoms with Gasteiger partial charge in [-0.2, -0.15) is 9.57 Å². The first-order chi connectivity index (χ1) is 12.3. The Morgan fingerprint density at radius 2 is 2.12 bits per heavy atom. The van der Waals surface area contributed by atoms with Crippen LogP contribution in [0.15, 0.2) is 23.1 Å². The van der Waals surface area contributed by atoms with Crippen molar-refractivity contribution in [3.05, 3.63) is 28.8 Å². The van der Waals surface area contributed by atoms with E-state index in [9.17, 15) is 8.42 Å². The van der Waals surface area contributed by atoms with E-state index in [-0.39, 0.29) is 16.4 Å². The van der Waals surface area contributed by atoms with Gasteiger partial charge >= 0.3 is 0 Å². The topological polar surface area (TPSA) is 102 Å². The molecule has 2 rings (SSSR count). The second-order valence-corrected chi connectivity index (χ2v) is 8.18. The van der Waals surface area contributed by atoms with Gasteiger partial charge in [0.05, 0.1) is 16.7 Å². The number of likely N-dealkylation sites (tertiary alicyclic amines) is 1. The number of nitriles is 1. The van der Waals surface area contributed by atoms with Crippen LogP contribution < -0.4 is 0 Å². The molecule has 1 aromatic carbocycles. The van der Waals surface area contributed by atoms with E-state index in [2.05, 4.69) is 11.8 Å². The molecule has 1 atom stereocenters. The smallest absolute Gasteiger partial charge is 0.290 e. The molecule has 0 amide bonds. The average molecular weight is 402 g/mol. The number of hydrogen-bond donors (Lipinski definition) is 1. The van der Waals surface area contributed by atoms with Crippen molar-refractivity contribution >= 4 is 28.1 Å². The Bertz CT molecular complexity index is 749. The van der Waals surface area contributed by atoms with E-state index >= 15 is 0 Å². The van der Waals surface area contributed by atoms with Gasteiger partial charge in [0.2, 0.25) is 10.0 Å². The van der Waals surface area contributed by atoms with E-state index in [1.807, 2.05) is 13.0 Å². The van der Waals surface area contributed by atoms with Gasteiger partial charge in [0, 0.05) is 19.6 Å². The number of sulfonamides is 1. The van der Waals surface area contributed by atoms with E-state index < -0.39 is 10.0 Å². The summed E-state index contributed by atoms with van der Waals surface area (Å²) in [6.07, 6.45) is 1.01. The Kier molecular flexibility index (Phi) is 9.02. The molecule has 7 nitrogen and oxygen atoms in total. The quantitative estimate of drug-likeness (QED) is 0.733. The lowest BCUT2D eigenvalue weighted by Crippen LogP contribution is -2.36. The molecule has 1 fully saturated rings. The Hall–Kier alpha value is -1.66. The van der Waals surface area contributed by atoms with Crippen molar-refractivity contribution in [1.82, 2.24) is 9.21 Å². The van der Waals surface area contributed by atoms with Gasteiger partial charge < -0.3 is 10.0 Å². The summed E-state index contributed by atoms with van der Waals surface area (Å²) in [4.78, 5) is 10.8. The second kappa shape index (κ2) is 10.5. The van der Waals surface area contributed by atoms with E-state index in [0.29, 0.717) is 24.6 Å². The lowest BCUT2D eigenvalue weighted by atomic mass is 10.1. The number of hydrogen-bond acceptors (Lipinski definition) is 5. The van der Waals surface area contributed by atoms with Gasteiger partial charge in [-0.3, -0.25) is 4.79 Å². The maximum atomic E-state index is 12.9. The Balaban J connectivity index is 0.00000105. The van der Waals surface area contributed by atoms with Crippen molar-refractivity contribution in [2.24, 2.45) is 5.92 Å². The Labute approximate surface area is 159 Å². The molecule has 0 saturated carbocycles. The minimum atomic E-state index is -3.65. The SMILES string of the molecule is CCN1CCC(CN(CC)S(=O)(=O)c2ccc(C#N)cc2Cl)C1.O=CO. The van der Waals surface area contributed by atoms with Crippen molar-refractivity contribution in [2.45, 2.75) is 25.2 Å². The number of carbonyl (C=O) groups is 1. The molecule has 0 radical (unpaired) electrons. The number of benzene rings is 1. The molecule has 1 saturated heterocycles. The van der Waals surface area contributed by atoms with E-state index in [1.165, 1.54) is 22.5 Å². The molecule has 1 heterocycles. The van der Waals surface area contributed by atoms with Crippen LogP contribution in [0.4, 0.5) is 0 Å². The van der Waals surface area contributed by atoms with Crippen LogP contribution in [0.2, 0.25) is 5.02 Å². The molecule has 0 aromatic heterocycles. The normalized spacial score (nSPS) is 17.4. The predicted octanol–water partition coefficient (Wildman–Crippen LogP) is 2.26. The van der Waals surface area contributed by atoms with Crippen LogP contribution in [-0.2, 0) is 14.8 Å². The lowest BCUT2D eigenvalue weighted by Gasteiger charge is -2.24. The maximum Gasteiger partial charge on any atom is 0.290 e. The van der Waals surface area contributed by atoms with Crippen LogP contribution in [0.25, 0.3) is 0 Å². The predicted molar refractivity (Wildman–Crippen MR) is 99.5 cm³/mol. The van der Waals surface area contributed by atoms with Crippen LogP contribution in [0.3, 0.4) is 0 Å². The van der Waals surface area contributed by atoms with Gasteiger partial charge in [-0.05, 0) is 43.6 Å². The van der Waals surface area contributed by atoms with Crippen LogP contribution in [0.1, 0.15) is 25.8 Å². The number of halogens is 1. The van der Waals surface area contributed by atoms with Crippen LogP contribution in [0.5, 0.6) is 0 Å². The number of nitrogens with zero attached hydrogens (tertiary/aromatic N) is 3. The molecule has 1 unspecified atom stereocenters. The second-order valence-electron chi connectivity index (χ2n) is 5.87. The molecule has 26 heavy (non-hydrogen) atoms. The van der Waals surface area contributed by atoms with Crippen LogP contribution in [-0.4, -0.2) is 61.9 Å². The fraction of sp³-hybridized carbons (Fsp3) is 0.529. The Morgan fingerprint density at radius 1 is 1.46 bits per heavy atom. The van der Waals surface area contributed by atoms with Crippen LogP contribution >= 0.6 is 11.6 Å². The van der Waals surface area contributed by atoms with Gasteiger partial charge in [-0.15, -0.1) is 0 Å². The molecule has 144 valence electrons. The summed E-state index contributed by atoms with van der Waals surface area (Å²) >= 11 is 6.09. The standard InChI is InChI=1S/C16H22ClN3O2S.CH2O2/c1-3-19-8-7-14(11-19)12-20(4-2)23(21,22)16-6-5-13(10-18)9-15(16)17;2-1-3/h5-6,9,14H,3-4,7-8,11-12H2,1-2H3;1H,(H,2,3). The van der Waals surface area contributed by atoms with Gasteiger partial charge in [0.25, 0.3) is 6.47 Å². The third-order valence-electron chi connectivity index (χ3n) is 4.31. The summed E-state index contributed by atoms with van der Waals surface area (Å²) in [5.74, 6) is 0.349. The third kappa shape index (κ3) is 5.68. The zero-order valence-electron chi connectivity index (χ0n) is 14.9. The first-order valence-corrected chi connectivity index (χ1v) is 10.2. The summed E-state index contributed by atoms with van der Waals surface area (Å²) < 4.78 is 27.2. The van der Waals surface area contributed by atoms with E-state index in [4.69, 9.17) is 26.8 Å². The molecule has 1 aliphatic rings. The minimum Gasteiger partial charge on any atom is -0.483 e. The largest absolute Gasteiger partial charge is 0.483 e. The fourth-order valence-electron chi connectivity index (χ4n) is 2.95. The molecule has 0 spiro atoms. The highest BCUT2D eigenvalue weighted by molar-refractivity contribution is 7.89. The maximum absolute atomic E-state index is 12.9. The monoisotopic (exact) mass is 401 g/mol. The first-order valence-electron chi connectivity index (χ1n) is 8.33. The molecule has 0 bridgehead atoms. The molecular weight excluding hydrogens is 378 g/mol.